The van der Waals surface area contributed by atoms with E-state index in [0.717, 1.165) is 31.6 Å². The van der Waals surface area contributed by atoms with Crippen LogP contribution in [0.2, 0.25) is 0 Å². The second-order valence-corrected chi connectivity index (χ2v) is 8.48. The molecule has 1 fully saturated rings. The molecule has 2 unspecified atom stereocenters. The number of benzene rings is 2. The van der Waals surface area contributed by atoms with E-state index < -0.39 is 0 Å². The van der Waals surface area contributed by atoms with Gasteiger partial charge >= 0.3 is 0 Å². The standard InChI is InChI=1S/C23H27N3S/c1-18-17-27-22(24-18)23(25-21-11-7-4-8-12-21)13-14-26(19(2)15-23)16-20-9-5-3-6-10-20/h3-12,17,19,25H,13-16H2,1-2H3. The van der Waals surface area contributed by atoms with Crippen molar-refractivity contribution in [1.82, 2.24) is 9.88 Å². The Kier molecular flexibility index (Phi) is 5.28. The molecule has 2 heterocycles. The molecule has 0 radical (unpaired) electrons. The number of rotatable bonds is 5. The van der Waals surface area contributed by atoms with Crippen molar-refractivity contribution in [3.05, 3.63) is 82.3 Å². The SMILES string of the molecule is Cc1csc(C2(Nc3ccccc3)CCN(Cc3ccccc3)C(C)C2)n1. The first kappa shape index (κ1) is 18.2. The van der Waals surface area contributed by atoms with Gasteiger partial charge in [-0.15, -0.1) is 11.3 Å². The average Bonchev–Trinajstić information content (AvgIpc) is 3.13. The summed E-state index contributed by atoms with van der Waals surface area (Å²) in [5.41, 5.74) is 3.59. The van der Waals surface area contributed by atoms with Crippen LogP contribution in [0.15, 0.2) is 66.0 Å². The van der Waals surface area contributed by atoms with Crippen molar-refractivity contribution in [3.8, 4) is 0 Å². The van der Waals surface area contributed by atoms with E-state index in [1.165, 1.54) is 16.3 Å². The van der Waals surface area contributed by atoms with Crippen LogP contribution in [0.25, 0.3) is 0 Å². The first-order chi connectivity index (χ1) is 13.1. The smallest absolute Gasteiger partial charge is 0.118 e. The Bertz CT molecular complexity index is 862. The van der Waals surface area contributed by atoms with Gasteiger partial charge < -0.3 is 5.32 Å². The Morgan fingerprint density at radius 1 is 1.11 bits per heavy atom. The lowest BCUT2D eigenvalue weighted by Crippen LogP contribution is -2.51. The summed E-state index contributed by atoms with van der Waals surface area (Å²) < 4.78 is 0. The van der Waals surface area contributed by atoms with Gasteiger partial charge in [-0.1, -0.05) is 48.5 Å². The molecule has 0 spiro atoms. The van der Waals surface area contributed by atoms with Gasteiger partial charge in [0.2, 0.25) is 0 Å². The quantitative estimate of drug-likeness (QED) is 0.641. The number of hydrogen-bond donors (Lipinski definition) is 1. The number of likely N-dealkylation sites (tertiary alicyclic amines) is 1. The number of thiazole rings is 1. The van der Waals surface area contributed by atoms with E-state index in [9.17, 15) is 0 Å². The van der Waals surface area contributed by atoms with Gasteiger partial charge in [0, 0.05) is 35.9 Å². The predicted octanol–water partition coefficient (Wildman–Crippen LogP) is 5.44. The molecule has 1 saturated heterocycles. The molecule has 3 nitrogen and oxygen atoms in total. The summed E-state index contributed by atoms with van der Waals surface area (Å²) in [7, 11) is 0. The van der Waals surface area contributed by atoms with Crippen molar-refractivity contribution >= 4 is 17.0 Å². The number of nitrogens with zero attached hydrogens (tertiary/aromatic N) is 2. The molecule has 2 aromatic carbocycles. The van der Waals surface area contributed by atoms with E-state index in [2.05, 4.69) is 90.1 Å². The minimum Gasteiger partial charge on any atom is -0.373 e. The molecular formula is C23H27N3S. The topological polar surface area (TPSA) is 28.2 Å². The second-order valence-electron chi connectivity index (χ2n) is 7.63. The van der Waals surface area contributed by atoms with E-state index in [4.69, 9.17) is 4.98 Å². The third-order valence-corrected chi connectivity index (χ3v) is 6.67. The fraction of sp³-hybridized carbons (Fsp3) is 0.348. The van der Waals surface area contributed by atoms with Crippen LogP contribution < -0.4 is 5.32 Å². The first-order valence-corrected chi connectivity index (χ1v) is 10.6. The van der Waals surface area contributed by atoms with Crippen LogP contribution >= 0.6 is 11.3 Å². The number of anilines is 1. The van der Waals surface area contributed by atoms with Gasteiger partial charge in [-0.3, -0.25) is 4.90 Å². The molecule has 4 rings (SSSR count). The van der Waals surface area contributed by atoms with E-state index in [1.807, 2.05) is 0 Å². The highest BCUT2D eigenvalue weighted by Gasteiger charge is 2.41. The zero-order valence-corrected chi connectivity index (χ0v) is 16.9. The molecule has 4 heteroatoms. The Balaban J connectivity index is 1.57. The zero-order chi connectivity index (χ0) is 18.7. The normalized spacial score (nSPS) is 23.3. The fourth-order valence-electron chi connectivity index (χ4n) is 4.08. The lowest BCUT2D eigenvalue weighted by Gasteiger charge is -2.45. The minimum absolute atomic E-state index is 0.0904. The number of hydrogen-bond acceptors (Lipinski definition) is 4. The summed E-state index contributed by atoms with van der Waals surface area (Å²) in [5, 5.41) is 7.25. The molecular weight excluding hydrogens is 350 g/mol. The third-order valence-electron chi connectivity index (χ3n) is 5.51. The van der Waals surface area contributed by atoms with E-state index in [0.29, 0.717) is 6.04 Å². The molecule has 0 bridgehead atoms. The van der Waals surface area contributed by atoms with Crippen molar-refractivity contribution in [1.29, 1.82) is 0 Å². The molecule has 0 saturated carbocycles. The summed E-state index contributed by atoms with van der Waals surface area (Å²) in [6, 6.07) is 21.8. The molecule has 3 aromatic rings. The largest absolute Gasteiger partial charge is 0.373 e. The summed E-state index contributed by atoms with van der Waals surface area (Å²) in [6.07, 6.45) is 2.12. The molecule has 1 aliphatic heterocycles. The lowest BCUT2D eigenvalue weighted by molar-refractivity contribution is 0.107. The van der Waals surface area contributed by atoms with E-state index >= 15 is 0 Å². The highest BCUT2D eigenvalue weighted by atomic mass is 32.1. The molecule has 0 aliphatic carbocycles. The zero-order valence-electron chi connectivity index (χ0n) is 16.1. The second kappa shape index (κ2) is 7.83. The van der Waals surface area contributed by atoms with Gasteiger partial charge in [-0.05, 0) is 44.4 Å². The predicted molar refractivity (Wildman–Crippen MR) is 114 cm³/mol. The van der Waals surface area contributed by atoms with Crippen molar-refractivity contribution in [2.45, 2.75) is 44.8 Å². The molecule has 27 heavy (non-hydrogen) atoms. The molecule has 140 valence electrons. The molecule has 1 aromatic heterocycles. The van der Waals surface area contributed by atoms with Gasteiger partial charge in [0.1, 0.15) is 5.01 Å². The van der Waals surface area contributed by atoms with Crippen molar-refractivity contribution < 1.29 is 0 Å². The van der Waals surface area contributed by atoms with Crippen LogP contribution in [0.4, 0.5) is 5.69 Å². The number of aromatic nitrogens is 1. The summed E-state index contributed by atoms with van der Waals surface area (Å²) in [5.74, 6) is 0. The first-order valence-electron chi connectivity index (χ1n) is 9.68. The van der Waals surface area contributed by atoms with Gasteiger partial charge in [-0.2, -0.15) is 0 Å². The average molecular weight is 378 g/mol. The number of aryl methyl sites for hydroxylation is 1. The van der Waals surface area contributed by atoms with Gasteiger partial charge in [0.05, 0.1) is 5.54 Å². The highest BCUT2D eigenvalue weighted by Crippen LogP contribution is 2.40. The van der Waals surface area contributed by atoms with Gasteiger partial charge in [-0.25, -0.2) is 4.98 Å². The Morgan fingerprint density at radius 3 is 2.44 bits per heavy atom. The van der Waals surface area contributed by atoms with Crippen molar-refractivity contribution in [2.75, 3.05) is 11.9 Å². The van der Waals surface area contributed by atoms with Crippen LogP contribution in [-0.2, 0) is 12.1 Å². The maximum absolute atomic E-state index is 4.88. The Labute approximate surface area is 166 Å². The lowest BCUT2D eigenvalue weighted by atomic mass is 9.83. The third kappa shape index (κ3) is 4.07. The molecule has 2 atom stereocenters. The molecule has 1 N–H and O–H groups in total. The van der Waals surface area contributed by atoms with Gasteiger partial charge in [0.15, 0.2) is 0 Å². The van der Waals surface area contributed by atoms with E-state index in [1.54, 1.807) is 11.3 Å². The summed E-state index contributed by atoms with van der Waals surface area (Å²) in [4.78, 5) is 7.48. The van der Waals surface area contributed by atoms with Crippen LogP contribution in [0.5, 0.6) is 0 Å². The van der Waals surface area contributed by atoms with Gasteiger partial charge in [0.25, 0.3) is 0 Å². The van der Waals surface area contributed by atoms with Crippen LogP contribution in [0.3, 0.4) is 0 Å². The Hall–Kier alpha value is -2.17. The van der Waals surface area contributed by atoms with Crippen molar-refractivity contribution in [2.24, 2.45) is 0 Å². The maximum atomic E-state index is 4.88. The monoisotopic (exact) mass is 377 g/mol. The van der Waals surface area contributed by atoms with Crippen LogP contribution in [0.1, 0.15) is 36.0 Å². The van der Waals surface area contributed by atoms with Crippen molar-refractivity contribution in [3.63, 3.8) is 0 Å². The highest BCUT2D eigenvalue weighted by molar-refractivity contribution is 7.09. The molecule has 1 aliphatic rings. The number of piperidine rings is 1. The van der Waals surface area contributed by atoms with Crippen LogP contribution in [0, 0.1) is 6.92 Å². The maximum Gasteiger partial charge on any atom is 0.118 e. The van der Waals surface area contributed by atoms with Crippen LogP contribution in [-0.4, -0.2) is 22.5 Å². The number of nitrogens with one attached hydrogen (secondary N) is 1. The minimum atomic E-state index is -0.0904. The number of para-hydroxylation sites is 1. The van der Waals surface area contributed by atoms with E-state index in [-0.39, 0.29) is 5.54 Å². The summed E-state index contributed by atoms with van der Waals surface area (Å²) in [6.45, 7) is 6.52. The fourth-order valence-corrected chi connectivity index (χ4v) is 5.07. The Morgan fingerprint density at radius 2 is 1.81 bits per heavy atom. The molecule has 0 amide bonds. The summed E-state index contributed by atoms with van der Waals surface area (Å²) >= 11 is 1.79.